The van der Waals surface area contributed by atoms with Crippen LogP contribution in [0.2, 0.25) is 0 Å². The summed E-state index contributed by atoms with van der Waals surface area (Å²) in [6.07, 6.45) is 6.62. The summed E-state index contributed by atoms with van der Waals surface area (Å²) in [4.78, 5) is 14.8. The first-order valence-corrected chi connectivity index (χ1v) is 10.0. The van der Waals surface area contributed by atoms with Gasteiger partial charge in [0.2, 0.25) is 5.91 Å². The molecule has 3 rings (SSSR count). The molecule has 0 radical (unpaired) electrons. The van der Waals surface area contributed by atoms with Crippen LogP contribution in [-0.2, 0) is 24.3 Å². The smallest absolute Gasteiger partial charge is 0.224 e. The molecule has 0 spiro atoms. The lowest BCUT2D eigenvalue weighted by molar-refractivity contribution is -0.120. The second-order valence-corrected chi connectivity index (χ2v) is 7.78. The van der Waals surface area contributed by atoms with Crippen molar-refractivity contribution in [2.24, 2.45) is 5.92 Å². The molecule has 1 unspecified atom stereocenters. The van der Waals surface area contributed by atoms with Gasteiger partial charge in [0.15, 0.2) is 0 Å². The molecule has 0 bridgehead atoms. The third-order valence-electron chi connectivity index (χ3n) is 5.47. The summed E-state index contributed by atoms with van der Waals surface area (Å²) in [7, 11) is 0. The van der Waals surface area contributed by atoms with Crippen molar-refractivity contribution in [1.29, 1.82) is 0 Å². The van der Waals surface area contributed by atoms with Crippen LogP contribution in [0.1, 0.15) is 41.1 Å². The normalized spacial score (nSPS) is 17.6. The number of hydrogen-bond donors (Lipinski definition) is 1. The van der Waals surface area contributed by atoms with Gasteiger partial charge in [-0.05, 0) is 46.1 Å². The second kappa shape index (κ2) is 9.19. The maximum Gasteiger partial charge on any atom is 0.224 e. The highest BCUT2D eigenvalue weighted by Gasteiger charge is 2.22. The fourth-order valence-electron chi connectivity index (χ4n) is 3.88. The molecular weight excluding hydrogens is 354 g/mol. The quantitative estimate of drug-likeness (QED) is 0.707. The van der Waals surface area contributed by atoms with Gasteiger partial charge in [-0.25, -0.2) is 0 Å². The Kier molecular flexibility index (Phi) is 6.67. The molecule has 3 heterocycles. The van der Waals surface area contributed by atoms with Gasteiger partial charge >= 0.3 is 0 Å². The minimum Gasteiger partial charge on any atom is -0.361 e. The van der Waals surface area contributed by atoms with Gasteiger partial charge in [0.05, 0.1) is 24.4 Å². The number of rotatable bonds is 8. The average Bonchev–Trinajstić information content (AvgIpc) is 3.17. The Labute approximate surface area is 166 Å². The van der Waals surface area contributed by atoms with Crippen molar-refractivity contribution >= 4 is 5.91 Å². The van der Waals surface area contributed by atoms with Crippen LogP contribution in [0.25, 0.3) is 0 Å². The zero-order valence-electron chi connectivity index (χ0n) is 17.2. The molecule has 7 nitrogen and oxygen atoms in total. The van der Waals surface area contributed by atoms with Gasteiger partial charge in [-0.2, -0.15) is 5.10 Å². The molecule has 1 saturated heterocycles. The number of hydrogen-bond acceptors (Lipinski definition) is 5. The summed E-state index contributed by atoms with van der Waals surface area (Å²) in [6, 6.07) is 0. The Balaban J connectivity index is 1.48. The van der Waals surface area contributed by atoms with Gasteiger partial charge in [-0.15, -0.1) is 6.58 Å². The number of nitrogens with one attached hydrogen (secondary N) is 1. The van der Waals surface area contributed by atoms with Gasteiger partial charge in [-0.3, -0.25) is 14.4 Å². The number of carbonyl (C=O) groups excluding carboxylic acids is 1. The highest BCUT2D eigenvalue weighted by atomic mass is 16.5. The molecule has 2 aromatic rings. The van der Waals surface area contributed by atoms with Crippen molar-refractivity contribution in [2.45, 2.75) is 53.1 Å². The Bertz CT molecular complexity index is 803. The Morgan fingerprint density at radius 3 is 2.93 bits per heavy atom. The minimum atomic E-state index is 0.0352. The summed E-state index contributed by atoms with van der Waals surface area (Å²) in [5.74, 6) is 1.24. The molecule has 1 N–H and O–H groups in total. The summed E-state index contributed by atoms with van der Waals surface area (Å²) >= 11 is 0. The summed E-state index contributed by atoms with van der Waals surface area (Å²) in [6.45, 7) is 14.0. The van der Waals surface area contributed by atoms with Crippen LogP contribution in [0.5, 0.6) is 0 Å². The van der Waals surface area contributed by atoms with Crippen molar-refractivity contribution < 1.29 is 9.32 Å². The van der Waals surface area contributed by atoms with E-state index in [0.29, 0.717) is 18.9 Å². The van der Waals surface area contributed by atoms with E-state index in [2.05, 4.69) is 40.2 Å². The van der Waals surface area contributed by atoms with E-state index in [9.17, 15) is 4.79 Å². The molecule has 0 aromatic carbocycles. The summed E-state index contributed by atoms with van der Waals surface area (Å²) in [5.41, 5.74) is 4.04. The monoisotopic (exact) mass is 385 g/mol. The first kappa shape index (κ1) is 20.3. The van der Waals surface area contributed by atoms with Gasteiger partial charge < -0.3 is 9.84 Å². The lowest BCUT2D eigenvalue weighted by atomic mass is 9.97. The maximum absolute atomic E-state index is 12.3. The summed E-state index contributed by atoms with van der Waals surface area (Å²) < 4.78 is 7.08. The number of likely N-dealkylation sites (tertiary alicyclic amines) is 1. The Morgan fingerprint density at radius 1 is 1.39 bits per heavy atom. The molecule has 1 aliphatic rings. The van der Waals surface area contributed by atoms with Gasteiger partial charge in [0.25, 0.3) is 0 Å². The summed E-state index contributed by atoms with van der Waals surface area (Å²) in [5, 5.41) is 11.6. The standard InChI is InChI=1S/C21H31N5O2/c1-5-8-26-14-19(15(2)23-26)13-25-9-6-7-18(12-25)11-22-21(27)10-20-16(3)24-28-17(20)4/h5,14,18H,1,6-13H2,2-4H3,(H,22,27). The van der Waals surface area contributed by atoms with E-state index in [1.165, 1.54) is 5.56 Å². The van der Waals surface area contributed by atoms with Gasteiger partial charge in [-0.1, -0.05) is 11.2 Å². The van der Waals surface area contributed by atoms with Gasteiger partial charge in [0.1, 0.15) is 5.76 Å². The predicted octanol–water partition coefficient (Wildman–Crippen LogP) is 2.55. The first-order chi connectivity index (χ1) is 13.5. The van der Waals surface area contributed by atoms with Crippen LogP contribution >= 0.6 is 0 Å². The second-order valence-electron chi connectivity index (χ2n) is 7.78. The van der Waals surface area contributed by atoms with Crippen LogP contribution in [0.3, 0.4) is 0 Å². The minimum absolute atomic E-state index is 0.0352. The number of carbonyl (C=O) groups is 1. The van der Waals surface area contributed by atoms with Crippen LogP contribution in [0.4, 0.5) is 0 Å². The number of nitrogens with zero attached hydrogens (tertiary/aromatic N) is 4. The van der Waals surface area contributed by atoms with E-state index >= 15 is 0 Å². The fraction of sp³-hybridized carbons (Fsp3) is 0.571. The molecule has 7 heteroatoms. The van der Waals surface area contributed by atoms with Crippen LogP contribution in [0, 0.1) is 26.7 Å². The molecular formula is C21H31N5O2. The molecule has 1 aliphatic heterocycles. The van der Waals surface area contributed by atoms with Crippen LogP contribution in [0.15, 0.2) is 23.4 Å². The Morgan fingerprint density at radius 2 is 2.21 bits per heavy atom. The van der Waals surface area contributed by atoms with Crippen molar-refractivity contribution in [2.75, 3.05) is 19.6 Å². The van der Waals surface area contributed by atoms with Crippen LogP contribution in [-0.4, -0.2) is 45.4 Å². The fourth-order valence-corrected chi connectivity index (χ4v) is 3.88. The topological polar surface area (TPSA) is 76.2 Å². The van der Waals surface area contributed by atoms with E-state index in [1.807, 2.05) is 24.6 Å². The highest BCUT2D eigenvalue weighted by Crippen LogP contribution is 2.19. The third-order valence-corrected chi connectivity index (χ3v) is 5.47. The number of piperidine rings is 1. The lowest BCUT2D eigenvalue weighted by Gasteiger charge is -2.32. The zero-order valence-corrected chi connectivity index (χ0v) is 17.2. The molecule has 1 fully saturated rings. The highest BCUT2D eigenvalue weighted by molar-refractivity contribution is 5.78. The van der Waals surface area contributed by atoms with E-state index in [4.69, 9.17) is 4.52 Å². The molecule has 2 aromatic heterocycles. The number of aryl methyl sites for hydroxylation is 3. The number of aromatic nitrogens is 3. The SMILES string of the molecule is C=CCn1cc(CN2CCCC(CNC(=O)Cc3c(C)noc3C)C2)c(C)n1. The largest absolute Gasteiger partial charge is 0.361 e. The zero-order chi connectivity index (χ0) is 20.1. The predicted molar refractivity (Wildman–Crippen MR) is 108 cm³/mol. The molecule has 0 saturated carbocycles. The van der Waals surface area contributed by atoms with Crippen LogP contribution < -0.4 is 5.32 Å². The molecule has 0 aliphatic carbocycles. The van der Waals surface area contributed by atoms with E-state index in [1.54, 1.807) is 0 Å². The molecule has 152 valence electrons. The average molecular weight is 386 g/mol. The lowest BCUT2D eigenvalue weighted by Crippen LogP contribution is -2.41. The number of amides is 1. The van der Waals surface area contributed by atoms with E-state index in [-0.39, 0.29) is 5.91 Å². The van der Waals surface area contributed by atoms with Crippen molar-refractivity contribution in [1.82, 2.24) is 25.2 Å². The molecule has 28 heavy (non-hydrogen) atoms. The van der Waals surface area contributed by atoms with Crippen molar-refractivity contribution in [3.05, 3.63) is 47.1 Å². The van der Waals surface area contributed by atoms with Crippen molar-refractivity contribution in [3.63, 3.8) is 0 Å². The van der Waals surface area contributed by atoms with E-state index < -0.39 is 0 Å². The maximum atomic E-state index is 12.3. The first-order valence-electron chi connectivity index (χ1n) is 10.0. The molecule has 1 atom stereocenters. The van der Waals surface area contributed by atoms with Gasteiger partial charge in [0, 0.05) is 37.0 Å². The van der Waals surface area contributed by atoms with Crippen molar-refractivity contribution in [3.8, 4) is 0 Å². The Hall–Kier alpha value is -2.41. The van der Waals surface area contributed by atoms with E-state index in [0.717, 1.165) is 61.7 Å². The number of allylic oxidation sites excluding steroid dienone is 1. The third kappa shape index (κ3) is 5.10. The molecule has 1 amide bonds.